The summed E-state index contributed by atoms with van der Waals surface area (Å²) in [6.07, 6.45) is 2.16. The first-order valence-corrected chi connectivity index (χ1v) is 6.21. The van der Waals surface area contributed by atoms with E-state index < -0.39 is 0 Å². The van der Waals surface area contributed by atoms with Crippen molar-refractivity contribution in [3.63, 3.8) is 0 Å². The molecule has 0 aliphatic carbocycles. The molecule has 0 amide bonds. The van der Waals surface area contributed by atoms with Crippen LogP contribution in [0.3, 0.4) is 0 Å². The van der Waals surface area contributed by atoms with Crippen molar-refractivity contribution in [3.8, 4) is 0 Å². The van der Waals surface area contributed by atoms with Crippen LogP contribution in [-0.4, -0.2) is 26.4 Å². The molecule has 1 heterocycles. The second kappa shape index (κ2) is 5.50. The Labute approximate surface area is 102 Å². The number of anilines is 1. The summed E-state index contributed by atoms with van der Waals surface area (Å²) in [5.74, 6) is 0. The molecule has 2 unspecified atom stereocenters. The Morgan fingerprint density at radius 2 is 2.12 bits per heavy atom. The molecule has 2 atom stereocenters. The number of rotatable bonds is 4. The second-order valence-electron chi connectivity index (χ2n) is 4.61. The zero-order valence-corrected chi connectivity index (χ0v) is 10.5. The molecule has 0 bridgehead atoms. The van der Waals surface area contributed by atoms with Gasteiger partial charge in [-0.05, 0) is 37.5 Å². The number of halogens is 1. The quantitative estimate of drug-likeness (QED) is 0.796. The first-order valence-electron chi connectivity index (χ1n) is 6.21. The van der Waals surface area contributed by atoms with Crippen molar-refractivity contribution in [1.29, 1.82) is 0 Å². The van der Waals surface area contributed by atoms with Crippen LogP contribution < -0.4 is 4.90 Å². The van der Waals surface area contributed by atoms with Gasteiger partial charge in [0, 0.05) is 19.3 Å². The van der Waals surface area contributed by atoms with Gasteiger partial charge in [-0.25, -0.2) is 4.39 Å². The van der Waals surface area contributed by atoms with Gasteiger partial charge in [-0.3, -0.25) is 0 Å². The highest BCUT2D eigenvalue weighted by molar-refractivity contribution is 5.49. The summed E-state index contributed by atoms with van der Waals surface area (Å²) in [7, 11) is 1.71. The van der Waals surface area contributed by atoms with E-state index in [4.69, 9.17) is 4.74 Å². The predicted octanol–water partition coefficient (Wildman–Crippen LogP) is 3.33. The maximum atomic E-state index is 12.8. The third kappa shape index (κ3) is 2.60. The van der Waals surface area contributed by atoms with Crippen LogP contribution in [0.4, 0.5) is 10.1 Å². The molecule has 1 aromatic rings. The Hall–Kier alpha value is -1.09. The van der Waals surface area contributed by atoms with Crippen molar-refractivity contribution >= 4 is 5.69 Å². The third-order valence-electron chi connectivity index (χ3n) is 3.60. The Morgan fingerprint density at radius 3 is 2.71 bits per heavy atom. The van der Waals surface area contributed by atoms with Crippen LogP contribution in [0.15, 0.2) is 24.3 Å². The van der Waals surface area contributed by atoms with Gasteiger partial charge in [-0.15, -0.1) is 0 Å². The lowest BCUT2D eigenvalue weighted by molar-refractivity contribution is 0.119. The Kier molecular flexibility index (Phi) is 4.00. The molecule has 1 saturated heterocycles. The van der Waals surface area contributed by atoms with E-state index in [0.717, 1.165) is 30.6 Å². The van der Waals surface area contributed by atoms with Crippen LogP contribution >= 0.6 is 0 Å². The van der Waals surface area contributed by atoms with Gasteiger partial charge in [0.2, 0.25) is 0 Å². The summed E-state index contributed by atoms with van der Waals surface area (Å²) in [5, 5.41) is 0. The lowest BCUT2D eigenvalue weighted by Crippen LogP contribution is -2.30. The van der Waals surface area contributed by atoms with Crippen molar-refractivity contribution in [2.75, 3.05) is 25.2 Å². The average Bonchev–Trinajstić information content (AvgIpc) is 2.86. The average molecular weight is 237 g/mol. The van der Waals surface area contributed by atoms with Gasteiger partial charge in [-0.1, -0.05) is 12.1 Å². The van der Waals surface area contributed by atoms with Crippen molar-refractivity contribution in [2.45, 2.75) is 31.9 Å². The number of benzene rings is 1. The van der Waals surface area contributed by atoms with Crippen LogP contribution in [0.25, 0.3) is 0 Å². The minimum absolute atomic E-state index is 0.0701. The lowest BCUT2D eigenvalue weighted by atomic mass is 10.1. The summed E-state index contributed by atoms with van der Waals surface area (Å²) >= 11 is 0. The minimum atomic E-state index is -0.254. The van der Waals surface area contributed by atoms with Gasteiger partial charge in [-0.2, -0.15) is 0 Å². The molecule has 2 rings (SSSR count). The molecule has 17 heavy (non-hydrogen) atoms. The highest BCUT2D eigenvalue weighted by Crippen LogP contribution is 2.27. The number of nitrogens with zero attached hydrogens (tertiary/aromatic N) is 1. The molecule has 0 radical (unpaired) electrons. The van der Waals surface area contributed by atoms with Gasteiger partial charge >= 0.3 is 0 Å². The molecule has 1 aliphatic rings. The number of alkyl halides is 1. The number of hydrogen-bond acceptors (Lipinski definition) is 2. The fraction of sp³-hybridized carbons (Fsp3) is 0.571. The Morgan fingerprint density at radius 1 is 1.41 bits per heavy atom. The van der Waals surface area contributed by atoms with E-state index in [0.29, 0.717) is 0 Å². The van der Waals surface area contributed by atoms with Crippen molar-refractivity contribution < 1.29 is 9.13 Å². The van der Waals surface area contributed by atoms with Crippen molar-refractivity contribution in [2.24, 2.45) is 0 Å². The summed E-state index contributed by atoms with van der Waals surface area (Å²) in [5.41, 5.74) is 2.28. The summed E-state index contributed by atoms with van der Waals surface area (Å²) in [6, 6.07) is 8.34. The Bertz CT molecular complexity index is 352. The van der Waals surface area contributed by atoms with E-state index in [1.54, 1.807) is 7.11 Å². The smallest absolute Gasteiger partial charge is 0.110 e. The highest BCUT2D eigenvalue weighted by Gasteiger charge is 2.24. The summed E-state index contributed by atoms with van der Waals surface area (Å²) in [6.45, 7) is 2.74. The molecule has 94 valence electrons. The fourth-order valence-corrected chi connectivity index (χ4v) is 2.41. The minimum Gasteiger partial charge on any atom is -0.377 e. The van der Waals surface area contributed by atoms with E-state index in [-0.39, 0.29) is 18.8 Å². The topological polar surface area (TPSA) is 12.5 Å². The molecule has 1 aromatic carbocycles. The van der Waals surface area contributed by atoms with Gasteiger partial charge in [0.1, 0.15) is 6.67 Å². The maximum Gasteiger partial charge on any atom is 0.110 e. The summed E-state index contributed by atoms with van der Waals surface area (Å²) in [4.78, 5) is 2.17. The van der Waals surface area contributed by atoms with E-state index >= 15 is 0 Å². The maximum absolute atomic E-state index is 12.8. The zero-order valence-electron chi connectivity index (χ0n) is 10.5. The molecule has 2 nitrogen and oxygen atoms in total. The van der Waals surface area contributed by atoms with E-state index in [2.05, 4.69) is 29.2 Å². The molecule has 1 fully saturated rings. The van der Waals surface area contributed by atoms with Crippen LogP contribution in [-0.2, 0) is 4.74 Å². The highest BCUT2D eigenvalue weighted by atomic mass is 19.1. The van der Waals surface area contributed by atoms with Gasteiger partial charge in [0.05, 0.1) is 12.1 Å². The molecule has 0 saturated carbocycles. The molecule has 0 aromatic heterocycles. The predicted molar refractivity (Wildman–Crippen MR) is 68.2 cm³/mol. The van der Waals surface area contributed by atoms with Crippen molar-refractivity contribution in [3.05, 3.63) is 29.8 Å². The number of ether oxygens (including phenoxy) is 1. The fourth-order valence-electron chi connectivity index (χ4n) is 2.41. The van der Waals surface area contributed by atoms with Crippen LogP contribution in [0.2, 0.25) is 0 Å². The second-order valence-corrected chi connectivity index (χ2v) is 4.61. The Balaban J connectivity index is 2.12. The monoisotopic (exact) mass is 237 g/mol. The first-order chi connectivity index (χ1) is 8.26. The summed E-state index contributed by atoms with van der Waals surface area (Å²) < 4.78 is 18.1. The normalized spacial score (nSPS) is 21.8. The molecular formula is C14H20FNO. The molecular weight excluding hydrogens is 217 g/mol. The first kappa shape index (κ1) is 12.4. The van der Waals surface area contributed by atoms with Crippen LogP contribution in [0.5, 0.6) is 0 Å². The van der Waals surface area contributed by atoms with E-state index in [9.17, 15) is 4.39 Å². The lowest BCUT2D eigenvalue weighted by Gasteiger charge is -2.25. The third-order valence-corrected chi connectivity index (χ3v) is 3.60. The number of hydrogen-bond donors (Lipinski definition) is 0. The molecule has 3 heteroatoms. The van der Waals surface area contributed by atoms with Gasteiger partial charge in [0.25, 0.3) is 0 Å². The van der Waals surface area contributed by atoms with Crippen molar-refractivity contribution in [1.82, 2.24) is 0 Å². The van der Waals surface area contributed by atoms with Gasteiger partial charge < -0.3 is 9.64 Å². The zero-order chi connectivity index (χ0) is 12.3. The van der Waals surface area contributed by atoms with E-state index in [1.807, 2.05) is 6.92 Å². The van der Waals surface area contributed by atoms with Crippen LogP contribution in [0, 0.1) is 0 Å². The van der Waals surface area contributed by atoms with E-state index in [1.165, 1.54) is 0 Å². The largest absolute Gasteiger partial charge is 0.377 e. The number of methoxy groups -OCH3 is 1. The van der Waals surface area contributed by atoms with Gasteiger partial charge in [0.15, 0.2) is 0 Å². The molecule has 1 aliphatic heterocycles. The molecule has 0 spiro atoms. The standard InChI is InChI=1S/C14H20FNO/c1-11(17-2)12-5-7-13(8-6-12)16-9-3-4-14(16)10-15/h5-8,11,14H,3-4,9-10H2,1-2H3. The van der Waals surface area contributed by atoms with Crippen LogP contribution in [0.1, 0.15) is 31.4 Å². The molecule has 0 N–H and O–H groups in total. The SMILES string of the molecule is COC(C)c1ccc(N2CCCC2CF)cc1.